The average Bonchev–Trinajstić information content (AvgIpc) is 2.98. The molecule has 2 aromatic carbocycles. The number of likely N-dealkylation sites (tertiary alicyclic amines) is 1. The van der Waals surface area contributed by atoms with Crippen molar-refractivity contribution in [2.75, 3.05) is 13.1 Å². The molecule has 0 aromatic heterocycles. The molecule has 1 atom stereocenters. The van der Waals surface area contributed by atoms with Crippen molar-refractivity contribution in [2.24, 2.45) is 0 Å². The fourth-order valence-corrected chi connectivity index (χ4v) is 2.84. The molecule has 0 aliphatic carbocycles. The minimum absolute atomic E-state index is 0.0267. The average molecular weight is 322 g/mol. The van der Waals surface area contributed by atoms with Crippen LogP contribution in [0.3, 0.4) is 0 Å². The van der Waals surface area contributed by atoms with Crippen molar-refractivity contribution < 1.29 is 14.6 Å². The number of nitriles is 1. The second-order valence-corrected chi connectivity index (χ2v) is 5.95. The van der Waals surface area contributed by atoms with Crippen LogP contribution in [-0.2, 0) is 0 Å². The van der Waals surface area contributed by atoms with Gasteiger partial charge in [0.25, 0.3) is 5.91 Å². The first-order chi connectivity index (χ1) is 11.6. The Morgan fingerprint density at radius 3 is 2.67 bits per heavy atom. The van der Waals surface area contributed by atoms with Crippen molar-refractivity contribution in [1.29, 1.82) is 5.26 Å². The first kappa shape index (κ1) is 16.0. The summed E-state index contributed by atoms with van der Waals surface area (Å²) in [4.78, 5) is 14.4. The largest absolute Gasteiger partial charge is 0.457 e. The summed E-state index contributed by atoms with van der Waals surface area (Å²) >= 11 is 0. The second kappa shape index (κ2) is 6.73. The Bertz CT molecular complexity index is 770. The SMILES string of the molecule is N#CCC1(O)CCN(C(=O)c2ccccc2Oc2ccccc2)C1. The number of carbonyl (C=O) groups is 1. The van der Waals surface area contributed by atoms with Gasteiger partial charge in [0.15, 0.2) is 0 Å². The van der Waals surface area contributed by atoms with Crippen molar-refractivity contribution in [3.8, 4) is 17.6 Å². The fraction of sp³-hybridized carbons (Fsp3) is 0.263. The Hall–Kier alpha value is -2.84. The summed E-state index contributed by atoms with van der Waals surface area (Å²) in [7, 11) is 0. The van der Waals surface area contributed by atoms with Crippen LogP contribution < -0.4 is 4.74 Å². The monoisotopic (exact) mass is 322 g/mol. The van der Waals surface area contributed by atoms with E-state index < -0.39 is 5.60 Å². The van der Waals surface area contributed by atoms with E-state index in [0.717, 1.165) is 0 Å². The third kappa shape index (κ3) is 3.39. The van der Waals surface area contributed by atoms with Crippen LogP contribution in [0.2, 0.25) is 0 Å². The van der Waals surface area contributed by atoms with Crippen molar-refractivity contribution in [1.82, 2.24) is 4.90 Å². The molecule has 5 nitrogen and oxygen atoms in total. The highest BCUT2D eigenvalue weighted by Gasteiger charge is 2.38. The van der Waals surface area contributed by atoms with Crippen LogP contribution in [0.15, 0.2) is 54.6 Å². The second-order valence-electron chi connectivity index (χ2n) is 5.95. The van der Waals surface area contributed by atoms with E-state index in [1.165, 1.54) is 0 Å². The maximum atomic E-state index is 12.8. The third-order valence-corrected chi connectivity index (χ3v) is 4.12. The van der Waals surface area contributed by atoms with E-state index in [1.54, 1.807) is 23.1 Å². The van der Waals surface area contributed by atoms with Gasteiger partial charge in [0.2, 0.25) is 0 Å². The highest BCUT2D eigenvalue weighted by atomic mass is 16.5. The molecule has 5 heteroatoms. The number of benzene rings is 2. The lowest BCUT2D eigenvalue weighted by Crippen LogP contribution is -2.35. The smallest absolute Gasteiger partial charge is 0.257 e. The van der Waals surface area contributed by atoms with Crippen LogP contribution >= 0.6 is 0 Å². The standard InChI is InChI=1S/C19H18N2O3/c20-12-10-19(23)11-13-21(14-19)18(22)16-8-4-5-9-17(16)24-15-6-2-1-3-7-15/h1-9,23H,10-11,13-14H2. The normalized spacial score (nSPS) is 19.8. The van der Waals surface area contributed by atoms with Crippen molar-refractivity contribution in [3.05, 3.63) is 60.2 Å². The molecule has 1 saturated heterocycles. The summed E-state index contributed by atoms with van der Waals surface area (Å²) in [5.74, 6) is 0.931. The molecule has 3 rings (SSSR count). The summed E-state index contributed by atoms with van der Waals surface area (Å²) in [5.41, 5.74) is -0.665. The maximum absolute atomic E-state index is 12.8. The first-order valence-electron chi connectivity index (χ1n) is 7.82. The molecule has 122 valence electrons. The predicted octanol–water partition coefficient (Wildman–Crippen LogP) is 2.97. The van der Waals surface area contributed by atoms with E-state index in [-0.39, 0.29) is 18.9 Å². The lowest BCUT2D eigenvalue weighted by Gasteiger charge is -2.21. The summed E-state index contributed by atoms with van der Waals surface area (Å²) in [5, 5.41) is 19.1. The molecule has 1 unspecified atom stereocenters. The van der Waals surface area contributed by atoms with Crippen molar-refractivity contribution in [3.63, 3.8) is 0 Å². The number of nitrogens with zero attached hydrogens (tertiary/aromatic N) is 2. The zero-order valence-electron chi connectivity index (χ0n) is 13.2. The van der Waals surface area contributed by atoms with E-state index in [2.05, 4.69) is 0 Å². The lowest BCUT2D eigenvalue weighted by molar-refractivity contribution is 0.0476. The molecule has 0 spiro atoms. The topological polar surface area (TPSA) is 73.6 Å². The fourth-order valence-electron chi connectivity index (χ4n) is 2.84. The zero-order chi connectivity index (χ0) is 17.0. The Labute approximate surface area is 140 Å². The predicted molar refractivity (Wildman–Crippen MR) is 88.7 cm³/mol. The van der Waals surface area contributed by atoms with Crippen LogP contribution in [0, 0.1) is 11.3 Å². The number of rotatable bonds is 4. The molecule has 24 heavy (non-hydrogen) atoms. The highest BCUT2D eigenvalue weighted by molar-refractivity contribution is 5.97. The Morgan fingerprint density at radius 1 is 1.21 bits per heavy atom. The van der Waals surface area contributed by atoms with Gasteiger partial charge in [0.1, 0.15) is 11.5 Å². The summed E-state index contributed by atoms with van der Waals surface area (Å²) in [6.07, 6.45) is 0.437. The van der Waals surface area contributed by atoms with Crippen molar-refractivity contribution >= 4 is 5.91 Å². The van der Waals surface area contributed by atoms with E-state index in [1.807, 2.05) is 42.5 Å². The number of para-hydroxylation sites is 2. The maximum Gasteiger partial charge on any atom is 0.257 e. The molecule has 1 amide bonds. The van der Waals surface area contributed by atoms with Crippen LogP contribution in [-0.4, -0.2) is 34.6 Å². The number of hydrogen-bond donors (Lipinski definition) is 1. The van der Waals surface area contributed by atoms with Crippen LogP contribution in [0.25, 0.3) is 0 Å². The molecule has 0 radical (unpaired) electrons. The molecule has 0 saturated carbocycles. The lowest BCUT2D eigenvalue weighted by atomic mass is 10.0. The van der Waals surface area contributed by atoms with Gasteiger partial charge in [-0.1, -0.05) is 30.3 Å². The Kier molecular flexibility index (Phi) is 4.50. The summed E-state index contributed by atoms with van der Waals surface area (Å²) in [6.45, 7) is 0.593. The van der Waals surface area contributed by atoms with Crippen LogP contribution in [0.5, 0.6) is 11.5 Å². The van der Waals surface area contributed by atoms with Gasteiger partial charge in [-0.05, 0) is 30.7 Å². The molecular formula is C19H18N2O3. The molecule has 0 bridgehead atoms. The van der Waals surface area contributed by atoms with Gasteiger partial charge in [0.05, 0.1) is 30.2 Å². The van der Waals surface area contributed by atoms with Crippen LogP contribution in [0.1, 0.15) is 23.2 Å². The highest BCUT2D eigenvalue weighted by Crippen LogP contribution is 2.30. The van der Waals surface area contributed by atoms with Gasteiger partial charge in [-0.15, -0.1) is 0 Å². The number of aliphatic hydroxyl groups is 1. The van der Waals surface area contributed by atoms with E-state index in [0.29, 0.717) is 30.0 Å². The van der Waals surface area contributed by atoms with E-state index >= 15 is 0 Å². The molecule has 1 N–H and O–H groups in total. The summed E-state index contributed by atoms with van der Waals surface area (Å²) in [6, 6.07) is 18.3. The number of hydrogen-bond acceptors (Lipinski definition) is 4. The number of β-amino-alcohol motifs (C(OH)–C–C–N with tert-alkyl or cyclic N) is 1. The van der Waals surface area contributed by atoms with Crippen LogP contribution in [0.4, 0.5) is 0 Å². The zero-order valence-corrected chi connectivity index (χ0v) is 13.2. The quantitative estimate of drug-likeness (QED) is 0.939. The molecule has 2 aromatic rings. The van der Waals surface area contributed by atoms with Crippen molar-refractivity contribution in [2.45, 2.75) is 18.4 Å². The van der Waals surface area contributed by atoms with Gasteiger partial charge in [-0.2, -0.15) is 5.26 Å². The molecule has 1 fully saturated rings. The molecule has 1 aliphatic rings. The number of carbonyl (C=O) groups excluding carboxylic acids is 1. The molecular weight excluding hydrogens is 304 g/mol. The third-order valence-electron chi connectivity index (χ3n) is 4.12. The minimum atomic E-state index is -1.11. The van der Waals surface area contributed by atoms with Gasteiger partial charge in [0, 0.05) is 6.54 Å². The Morgan fingerprint density at radius 2 is 1.92 bits per heavy atom. The van der Waals surface area contributed by atoms with E-state index in [9.17, 15) is 9.90 Å². The first-order valence-corrected chi connectivity index (χ1v) is 7.82. The van der Waals surface area contributed by atoms with Gasteiger partial charge >= 0.3 is 0 Å². The van der Waals surface area contributed by atoms with Gasteiger partial charge < -0.3 is 14.7 Å². The Balaban J connectivity index is 1.80. The van der Waals surface area contributed by atoms with Gasteiger partial charge in [-0.25, -0.2) is 0 Å². The number of amides is 1. The molecule has 1 aliphatic heterocycles. The summed E-state index contributed by atoms with van der Waals surface area (Å²) < 4.78 is 5.83. The van der Waals surface area contributed by atoms with Gasteiger partial charge in [-0.3, -0.25) is 4.79 Å². The minimum Gasteiger partial charge on any atom is -0.457 e. The van der Waals surface area contributed by atoms with E-state index in [4.69, 9.17) is 10.00 Å². The number of ether oxygens (including phenoxy) is 1. The molecule has 1 heterocycles.